The molecule has 1 aromatic carbocycles. The normalized spacial score (nSPS) is 15.5. The van der Waals surface area contributed by atoms with E-state index in [4.69, 9.17) is 0 Å². The van der Waals surface area contributed by atoms with Crippen molar-refractivity contribution in [2.45, 2.75) is 51.2 Å². The molecule has 12 nitrogen and oxygen atoms in total. The average molecular weight is 570 g/mol. The van der Waals surface area contributed by atoms with Gasteiger partial charge in [0.05, 0.1) is 17.5 Å². The monoisotopic (exact) mass is 569 g/mol. The maximum Gasteiger partial charge on any atom is 0.274 e. The first-order valence-corrected chi connectivity index (χ1v) is 13.9. The van der Waals surface area contributed by atoms with E-state index in [2.05, 4.69) is 20.3 Å². The molecule has 0 bridgehead atoms. The fourth-order valence-corrected chi connectivity index (χ4v) is 5.38. The summed E-state index contributed by atoms with van der Waals surface area (Å²) in [4.78, 5) is 68.6. The third kappa shape index (κ3) is 4.68. The Hall–Kier alpha value is -5.00. The molecule has 0 unspecified atom stereocenters. The van der Waals surface area contributed by atoms with Crippen molar-refractivity contribution < 1.29 is 19.5 Å². The van der Waals surface area contributed by atoms with Crippen LogP contribution in [0, 0.1) is 0 Å². The van der Waals surface area contributed by atoms with Crippen molar-refractivity contribution >= 4 is 34.7 Å². The number of amides is 3. The van der Waals surface area contributed by atoms with Gasteiger partial charge in [-0.05, 0) is 32.3 Å². The van der Waals surface area contributed by atoms with Crippen LogP contribution in [-0.4, -0.2) is 66.9 Å². The number of H-pyrrole nitrogens is 1. The van der Waals surface area contributed by atoms with Crippen LogP contribution >= 0.6 is 0 Å². The maximum absolute atomic E-state index is 14.1. The summed E-state index contributed by atoms with van der Waals surface area (Å²) in [5.41, 5.74) is 1.57. The van der Waals surface area contributed by atoms with Crippen LogP contribution in [0.15, 0.2) is 53.6 Å². The molecule has 4 aromatic rings. The molecule has 0 radical (unpaired) electrons. The van der Waals surface area contributed by atoms with Gasteiger partial charge >= 0.3 is 0 Å². The zero-order valence-corrected chi connectivity index (χ0v) is 23.5. The molecule has 1 atom stereocenters. The Bertz CT molecular complexity index is 1770. The molecule has 6 rings (SSSR count). The molecule has 1 aliphatic heterocycles. The molecular formula is C30H31N7O5. The summed E-state index contributed by atoms with van der Waals surface area (Å²) in [5, 5.41) is 13.4. The molecule has 3 aromatic heterocycles. The second-order valence-corrected chi connectivity index (χ2v) is 11.0. The summed E-state index contributed by atoms with van der Waals surface area (Å²) in [6, 6.07) is 8.61. The number of hydrogen-bond acceptors (Lipinski definition) is 7. The highest BCUT2D eigenvalue weighted by Gasteiger charge is 2.35. The summed E-state index contributed by atoms with van der Waals surface area (Å²) >= 11 is 0. The standard InChI is InChI=1S/C30H31N7O5/c1-16(2)36-11-12-37-22(13-21(38)26(39)25(37)30(36)42)35(3)29(41)23(18-7-5-4-6-8-18)34-28(40)19-14-31-27-24(19)33-20(15-32-27)17-9-10-17/h4-8,13-17,23,39H,9-12H2,1-3H3,(H,31,32)(H,34,40)/t23-/m1/s1. The highest BCUT2D eigenvalue weighted by Crippen LogP contribution is 2.39. The van der Waals surface area contributed by atoms with E-state index in [-0.39, 0.29) is 29.7 Å². The smallest absolute Gasteiger partial charge is 0.274 e. The van der Waals surface area contributed by atoms with E-state index in [1.165, 1.54) is 22.7 Å². The number of anilines is 1. The minimum Gasteiger partial charge on any atom is -0.503 e. The highest BCUT2D eigenvalue weighted by atomic mass is 16.3. The summed E-state index contributed by atoms with van der Waals surface area (Å²) in [6.45, 7) is 4.30. The fourth-order valence-electron chi connectivity index (χ4n) is 5.38. The molecule has 1 fully saturated rings. The van der Waals surface area contributed by atoms with Crippen LogP contribution in [0.25, 0.3) is 11.2 Å². The lowest BCUT2D eigenvalue weighted by atomic mass is 10.0. The van der Waals surface area contributed by atoms with Crippen molar-refractivity contribution in [3.8, 4) is 5.75 Å². The quantitative estimate of drug-likeness (QED) is 0.309. The SMILES string of the molecule is CC(C)N1CCn2c(N(C)C(=O)[C@H](NC(=O)c3c[nH]c4ncc(C5CC5)nc34)c3ccccc3)cc(=O)c(O)c2C1=O. The Morgan fingerprint density at radius 3 is 2.57 bits per heavy atom. The van der Waals surface area contributed by atoms with Crippen LogP contribution in [-0.2, 0) is 11.3 Å². The number of nitrogens with zero attached hydrogens (tertiary/aromatic N) is 5. The van der Waals surface area contributed by atoms with Gasteiger partial charge in [-0.2, -0.15) is 0 Å². The Kier molecular flexibility index (Phi) is 6.76. The van der Waals surface area contributed by atoms with E-state index in [0.29, 0.717) is 29.2 Å². The predicted molar refractivity (Wildman–Crippen MR) is 154 cm³/mol. The van der Waals surface area contributed by atoms with Gasteiger partial charge in [0, 0.05) is 44.4 Å². The first kappa shape index (κ1) is 27.2. The van der Waals surface area contributed by atoms with Crippen molar-refractivity contribution in [1.82, 2.24) is 29.7 Å². The van der Waals surface area contributed by atoms with Gasteiger partial charge in [0.15, 0.2) is 17.1 Å². The molecule has 1 saturated carbocycles. The molecule has 4 heterocycles. The molecule has 3 N–H and O–H groups in total. The van der Waals surface area contributed by atoms with Crippen LogP contribution in [0.4, 0.5) is 5.82 Å². The number of fused-ring (bicyclic) bond motifs is 2. The minimum absolute atomic E-state index is 0.136. The van der Waals surface area contributed by atoms with Gasteiger partial charge in [0.1, 0.15) is 17.4 Å². The van der Waals surface area contributed by atoms with E-state index in [1.807, 2.05) is 13.8 Å². The Balaban J connectivity index is 1.36. The van der Waals surface area contributed by atoms with Crippen molar-refractivity contribution in [2.24, 2.45) is 0 Å². The highest BCUT2D eigenvalue weighted by molar-refractivity contribution is 6.07. The number of nitrogens with one attached hydrogen (secondary N) is 2. The van der Waals surface area contributed by atoms with Gasteiger partial charge < -0.3 is 24.9 Å². The molecule has 42 heavy (non-hydrogen) atoms. The minimum atomic E-state index is -1.14. The molecule has 2 aliphatic rings. The average Bonchev–Trinajstić information content (AvgIpc) is 3.75. The van der Waals surface area contributed by atoms with Crippen LogP contribution in [0.1, 0.15) is 70.8 Å². The number of aromatic amines is 1. The fraction of sp³-hybridized carbons (Fsp3) is 0.333. The molecule has 0 saturated heterocycles. The second kappa shape index (κ2) is 10.4. The number of carbonyl (C=O) groups is 3. The molecule has 0 spiro atoms. The van der Waals surface area contributed by atoms with Gasteiger partial charge in [0.25, 0.3) is 17.7 Å². The molecular weight excluding hydrogens is 538 g/mol. The number of likely N-dealkylation sites (N-methyl/N-ethyl adjacent to an activating group) is 1. The van der Waals surface area contributed by atoms with Crippen molar-refractivity contribution in [1.29, 1.82) is 0 Å². The predicted octanol–water partition coefficient (Wildman–Crippen LogP) is 2.70. The summed E-state index contributed by atoms with van der Waals surface area (Å²) in [5.74, 6) is -1.73. The number of aromatic nitrogens is 4. The number of aromatic hydroxyl groups is 1. The van der Waals surface area contributed by atoms with E-state index in [0.717, 1.165) is 24.6 Å². The van der Waals surface area contributed by atoms with Gasteiger partial charge in [-0.15, -0.1) is 0 Å². The first-order chi connectivity index (χ1) is 20.2. The summed E-state index contributed by atoms with van der Waals surface area (Å²) < 4.78 is 1.48. The van der Waals surface area contributed by atoms with E-state index in [1.54, 1.807) is 41.4 Å². The van der Waals surface area contributed by atoms with E-state index < -0.39 is 34.9 Å². The van der Waals surface area contributed by atoms with Gasteiger partial charge in [0.2, 0.25) is 5.43 Å². The van der Waals surface area contributed by atoms with Crippen LogP contribution in [0.2, 0.25) is 0 Å². The first-order valence-electron chi connectivity index (χ1n) is 13.9. The third-order valence-electron chi connectivity index (χ3n) is 7.88. The second-order valence-electron chi connectivity index (χ2n) is 11.0. The number of pyridine rings is 1. The van der Waals surface area contributed by atoms with Crippen LogP contribution < -0.4 is 15.6 Å². The zero-order chi connectivity index (χ0) is 29.7. The Morgan fingerprint density at radius 2 is 1.88 bits per heavy atom. The lowest BCUT2D eigenvalue weighted by Crippen LogP contribution is -2.47. The lowest BCUT2D eigenvalue weighted by molar-refractivity contribution is -0.120. The van der Waals surface area contributed by atoms with E-state index in [9.17, 15) is 24.3 Å². The van der Waals surface area contributed by atoms with Crippen molar-refractivity contribution in [2.75, 3.05) is 18.5 Å². The van der Waals surface area contributed by atoms with Gasteiger partial charge in [-0.3, -0.25) is 24.1 Å². The Morgan fingerprint density at radius 1 is 1.14 bits per heavy atom. The Labute approximate surface area is 241 Å². The molecule has 12 heteroatoms. The van der Waals surface area contributed by atoms with Crippen molar-refractivity contribution in [3.63, 3.8) is 0 Å². The lowest BCUT2D eigenvalue weighted by Gasteiger charge is -2.36. The number of hydrogen-bond donors (Lipinski definition) is 3. The van der Waals surface area contributed by atoms with Crippen molar-refractivity contribution in [3.05, 3.63) is 81.5 Å². The number of carbonyl (C=O) groups excluding carboxylic acids is 3. The molecule has 1 aliphatic carbocycles. The number of benzene rings is 1. The number of rotatable bonds is 7. The van der Waals surface area contributed by atoms with Crippen LogP contribution in [0.5, 0.6) is 5.75 Å². The summed E-state index contributed by atoms with van der Waals surface area (Å²) in [6.07, 6.45) is 5.31. The maximum atomic E-state index is 14.1. The van der Waals surface area contributed by atoms with E-state index >= 15 is 0 Å². The topological polar surface area (TPSA) is 154 Å². The molecule has 216 valence electrons. The zero-order valence-electron chi connectivity index (χ0n) is 23.5. The molecule has 3 amide bonds. The van der Waals surface area contributed by atoms with Crippen LogP contribution in [0.3, 0.4) is 0 Å². The largest absolute Gasteiger partial charge is 0.503 e. The summed E-state index contributed by atoms with van der Waals surface area (Å²) in [7, 11) is 1.47. The van der Waals surface area contributed by atoms with Gasteiger partial charge in [-0.1, -0.05) is 30.3 Å². The third-order valence-corrected chi connectivity index (χ3v) is 7.88. The van der Waals surface area contributed by atoms with Gasteiger partial charge in [-0.25, -0.2) is 9.97 Å².